The van der Waals surface area contributed by atoms with Crippen LogP contribution in [0.5, 0.6) is 0 Å². The Morgan fingerprint density at radius 1 is 1.21 bits per heavy atom. The Balaban J connectivity index is 1.76. The van der Waals surface area contributed by atoms with E-state index in [1.54, 1.807) is 4.57 Å². The summed E-state index contributed by atoms with van der Waals surface area (Å²) in [6.45, 7) is 0.0435. The molecule has 0 unspecified atom stereocenters. The number of halogens is 3. The first-order valence-corrected chi connectivity index (χ1v) is 8.80. The summed E-state index contributed by atoms with van der Waals surface area (Å²) in [4.78, 5) is 29.7. The zero-order chi connectivity index (χ0) is 20.1. The molecule has 3 aromatic rings. The minimum absolute atomic E-state index is 0.226. The van der Waals surface area contributed by atoms with E-state index in [4.69, 9.17) is 0 Å². The molecule has 4 rings (SSSR count). The lowest BCUT2D eigenvalue weighted by molar-refractivity contribution is -0.157. The molecule has 0 saturated heterocycles. The normalized spacial score (nSPS) is 15.7. The summed E-state index contributed by atoms with van der Waals surface area (Å²) in [7, 11) is 1.45. The van der Waals surface area contributed by atoms with E-state index in [1.165, 1.54) is 17.9 Å². The second kappa shape index (κ2) is 6.60. The number of nitrogens with zero attached hydrogens (tertiary/aromatic N) is 6. The number of fused-ring (bicyclic) bond motifs is 1. The maximum absolute atomic E-state index is 12.9. The summed E-state index contributed by atoms with van der Waals surface area (Å²) >= 11 is 0. The Morgan fingerprint density at radius 3 is 2.57 bits per heavy atom. The van der Waals surface area contributed by atoms with E-state index in [0.29, 0.717) is 12.5 Å². The molecule has 0 N–H and O–H groups in total. The van der Waals surface area contributed by atoms with Crippen molar-refractivity contribution in [1.29, 1.82) is 0 Å². The minimum atomic E-state index is -4.80. The van der Waals surface area contributed by atoms with Crippen molar-refractivity contribution in [2.24, 2.45) is 13.0 Å². The van der Waals surface area contributed by atoms with Crippen LogP contribution in [0, 0.1) is 5.92 Å². The fourth-order valence-corrected chi connectivity index (χ4v) is 3.64. The molecule has 0 radical (unpaired) electrons. The summed E-state index contributed by atoms with van der Waals surface area (Å²) in [6, 6.07) is 0. The molecule has 0 aromatic carbocycles. The summed E-state index contributed by atoms with van der Waals surface area (Å²) in [6.07, 6.45) is 1.11. The van der Waals surface area contributed by atoms with Crippen LogP contribution < -0.4 is 11.2 Å². The van der Waals surface area contributed by atoms with Gasteiger partial charge in [0.25, 0.3) is 5.56 Å². The molecule has 1 aliphatic rings. The second-order valence-electron chi connectivity index (χ2n) is 6.95. The monoisotopic (exact) mass is 398 g/mol. The van der Waals surface area contributed by atoms with Gasteiger partial charge in [0.1, 0.15) is 6.54 Å². The summed E-state index contributed by atoms with van der Waals surface area (Å²) in [5.74, 6) is -1.58. The Kier molecular flexibility index (Phi) is 4.35. The minimum Gasteiger partial charge on any atom is -0.415 e. The van der Waals surface area contributed by atoms with Crippen molar-refractivity contribution in [3.8, 4) is 0 Å². The van der Waals surface area contributed by atoms with E-state index in [-0.39, 0.29) is 11.2 Å². The van der Waals surface area contributed by atoms with E-state index in [9.17, 15) is 22.8 Å². The first kappa shape index (κ1) is 18.4. The highest BCUT2D eigenvalue weighted by atomic mass is 19.4. The number of hydrogen-bond acceptors (Lipinski definition) is 6. The topological polar surface area (TPSA) is 101 Å². The molecular formula is C16H17F3N6O3. The van der Waals surface area contributed by atoms with Crippen LogP contribution in [-0.2, 0) is 26.3 Å². The molecular weight excluding hydrogens is 381 g/mol. The number of hydrogen-bond donors (Lipinski definition) is 0. The Morgan fingerprint density at radius 2 is 1.93 bits per heavy atom. The smallest absolute Gasteiger partial charge is 0.415 e. The van der Waals surface area contributed by atoms with Crippen molar-refractivity contribution in [2.75, 3.05) is 0 Å². The van der Waals surface area contributed by atoms with Crippen LogP contribution >= 0.6 is 0 Å². The number of alkyl halides is 3. The van der Waals surface area contributed by atoms with Gasteiger partial charge < -0.3 is 8.98 Å². The third-order valence-corrected chi connectivity index (χ3v) is 5.03. The lowest BCUT2D eigenvalue weighted by Crippen LogP contribution is -2.40. The van der Waals surface area contributed by atoms with Gasteiger partial charge in [-0.1, -0.05) is 12.8 Å². The van der Waals surface area contributed by atoms with Gasteiger partial charge in [-0.25, -0.2) is 14.3 Å². The Labute approximate surface area is 155 Å². The molecule has 1 saturated carbocycles. The average Bonchev–Trinajstić information content (AvgIpc) is 3.37. The van der Waals surface area contributed by atoms with Gasteiger partial charge in [-0.3, -0.25) is 9.36 Å². The number of aromatic nitrogens is 6. The highest BCUT2D eigenvalue weighted by Crippen LogP contribution is 2.28. The van der Waals surface area contributed by atoms with Gasteiger partial charge in [0, 0.05) is 13.6 Å². The SMILES string of the molecule is Cn1c(=O)n(Cc2nnc(C(F)(F)F)o2)c(=O)c2c1ncn2CC1CCCC1. The van der Waals surface area contributed by atoms with Crippen LogP contribution in [0.3, 0.4) is 0 Å². The maximum Gasteiger partial charge on any atom is 0.470 e. The van der Waals surface area contributed by atoms with E-state index in [1.807, 2.05) is 0 Å². The highest BCUT2D eigenvalue weighted by Gasteiger charge is 2.38. The largest absolute Gasteiger partial charge is 0.470 e. The lowest BCUT2D eigenvalue weighted by atomic mass is 10.1. The predicted octanol–water partition coefficient (Wildman–Crippen LogP) is 1.54. The molecule has 150 valence electrons. The molecule has 0 atom stereocenters. The van der Waals surface area contributed by atoms with E-state index < -0.39 is 35.8 Å². The van der Waals surface area contributed by atoms with Crippen molar-refractivity contribution >= 4 is 11.2 Å². The van der Waals surface area contributed by atoms with Crippen molar-refractivity contribution in [2.45, 2.75) is 44.9 Å². The first-order chi connectivity index (χ1) is 13.3. The third-order valence-electron chi connectivity index (χ3n) is 5.03. The summed E-state index contributed by atoms with van der Waals surface area (Å²) in [5, 5.41) is 6.22. The van der Waals surface area contributed by atoms with Gasteiger partial charge in [0.05, 0.1) is 6.33 Å². The highest BCUT2D eigenvalue weighted by molar-refractivity contribution is 5.69. The van der Waals surface area contributed by atoms with E-state index >= 15 is 0 Å². The van der Waals surface area contributed by atoms with Crippen LogP contribution in [0.25, 0.3) is 11.2 Å². The molecule has 0 spiro atoms. The number of rotatable bonds is 4. The van der Waals surface area contributed by atoms with Crippen LogP contribution in [0.2, 0.25) is 0 Å². The fraction of sp³-hybridized carbons (Fsp3) is 0.562. The predicted molar refractivity (Wildman–Crippen MR) is 89.6 cm³/mol. The van der Waals surface area contributed by atoms with Crippen LogP contribution in [0.4, 0.5) is 13.2 Å². The average molecular weight is 398 g/mol. The van der Waals surface area contributed by atoms with Gasteiger partial charge in [0.2, 0.25) is 5.89 Å². The van der Waals surface area contributed by atoms with Crippen molar-refractivity contribution < 1.29 is 17.6 Å². The van der Waals surface area contributed by atoms with Gasteiger partial charge in [0.15, 0.2) is 11.2 Å². The van der Waals surface area contributed by atoms with Gasteiger partial charge >= 0.3 is 17.8 Å². The summed E-state index contributed by atoms with van der Waals surface area (Å²) in [5.41, 5.74) is -0.925. The van der Waals surface area contributed by atoms with Crippen LogP contribution in [-0.4, -0.2) is 28.9 Å². The van der Waals surface area contributed by atoms with Crippen molar-refractivity contribution in [1.82, 2.24) is 28.9 Å². The van der Waals surface area contributed by atoms with Gasteiger partial charge in [-0.2, -0.15) is 13.2 Å². The molecule has 28 heavy (non-hydrogen) atoms. The first-order valence-electron chi connectivity index (χ1n) is 8.80. The zero-order valence-electron chi connectivity index (χ0n) is 14.9. The lowest BCUT2D eigenvalue weighted by Gasteiger charge is -2.12. The molecule has 0 bridgehead atoms. The van der Waals surface area contributed by atoms with E-state index in [0.717, 1.165) is 30.3 Å². The second-order valence-corrected chi connectivity index (χ2v) is 6.95. The quantitative estimate of drug-likeness (QED) is 0.661. The Hall–Kier alpha value is -2.92. The maximum atomic E-state index is 12.9. The molecule has 0 amide bonds. The number of imidazole rings is 1. The van der Waals surface area contributed by atoms with Gasteiger partial charge in [-0.15, -0.1) is 10.2 Å². The standard InChI is InChI=1S/C16H17F3N6O3/c1-23-12-11(24(8-20-12)6-9-4-2-3-5-9)13(26)25(15(23)27)7-10-21-22-14(28-10)16(17,18)19/h8-9H,2-7H2,1H3. The summed E-state index contributed by atoms with van der Waals surface area (Å²) < 4.78 is 46.1. The van der Waals surface area contributed by atoms with Crippen LogP contribution in [0.1, 0.15) is 37.5 Å². The molecule has 12 heteroatoms. The molecule has 0 aliphatic heterocycles. The number of aryl methyl sites for hydroxylation is 1. The molecule has 3 heterocycles. The third kappa shape index (κ3) is 3.12. The molecule has 3 aromatic heterocycles. The zero-order valence-corrected chi connectivity index (χ0v) is 14.9. The van der Waals surface area contributed by atoms with Crippen LogP contribution in [0.15, 0.2) is 20.3 Å². The van der Waals surface area contributed by atoms with Gasteiger partial charge in [-0.05, 0) is 18.8 Å². The fourth-order valence-electron chi connectivity index (χ4n) is 3.64. The Bertz CT molecular complexity index is 1130. The molecule has 9 nitrogen and oxygen atoms in total. The molecule has 1 aliphatic carbocycles. The van der Waals surface area contributed by atoms with Crippen molar-refractivity contribution in [3.63, 3.8) is 0 Å². The van der Waals surface area contributed by atoms with Crippen molar-refractivity contribution in [3.05, 3.63) is 38.9 Å². The molecule has 1 fully saturated rings. The van der Waals surface area contributed by atoms with E-state index in [2.05, 4.69) is 19.6 Å².